The zero-order chi connectivity index (χ0) is 13.3. The smallest absolute Gasteiger partial charge is 0.157 e. The van der Waals surface area contributed by atoms with Crippen molar-refractivity contribution in [3.05, 3.63) is 35.8 Å². The van der Waals surface area contributed by atoms with Gasteiger partial charge in [0.1, 0.15) is 24.8 Å². The van der Waals surface area contributed by atoms with E-state index in [0.717, 1.165) is 11.3 Å². The number of hydrogen-bond acceptors (Lipinski definition) is 3. The summed E-state index contributed by atoms with van der Waals surface area (Å²) in [6.45, 7) is 10.7. The van der Waals surface area contributed by atoms with Crippen molar-refractivity contribution in [1.82, 2.24) is 0 Å². The molecule has 1 heterocycles. The Balaban J connectivity index is 0.00000121. The minimum atomic E-state index is 0.430. The lowest BCUT2D eigenvalue weighted by molar-refractivity contribution is 0.0707. The highest BCUT2D eigenvalue weighted by Crippen LogP contribution is 2.16. The summed E-state index contributed by atoms with van der Waals surface area (Å²) in [4.78, 5) is 3.89. The van der Waals surface area contributed by atoms with E-state index in [1.54, 1.807) is 19.2 Å². The van der Waals surface area contributed by atoms with Gasteiger partial charge < -0.3 is 15.2 Å². The largest absolute Gasteiger partial charge is 0.491 e. The standard InChI is InChI=1S/C11H16N2O2.C2H6/c1-4-9(11(12)13-3)7-10-8(2)14-5-6-15-10;1-2/h4,7H,1,5-6H2,2-3H3,(H2,12,13);1-2H3/b9-7+;. The van der Waals surface area contributed by atoms with Crippen LogP contribution in [0.15, 0.2) is 40.8 Å². The highest BCUT2D eigenvalue weighted by molar-refractivity contribution is 5.99. The molecular formula is C13H22N2O2. The first-order chi connectivity index (χ1) is 8.19. The summed E-state index contributed by atoms with van der Waals surface area (Å²) in [5.74, 6) is 1.87. The van der Waals surface area contributed by atoms with E-state index in [0.29, 0.717) is 24.8 Å². The number of amidine groups is 1. The highest BCUT2D eigenvalue weighted by Gasteiger charge is 2.10. The molecule has 0 unspecified atom stereocenters. The molecule has 2 N–H and O–H groups in total. The summed E-state index contributed by atoms with van der Waals surface area (Å²) in [7, 11) is 1.63. The van der Waals surface area contributed by atoms with Crippen molar-refractivity contribution >= 4 is 5.84 Å². The third-order valence-electron chi connectivity index (χ3n) is 2.05. The number of nitrogens with two attached hydrogens (primary N) is 1. The second-order valence-electron chi connectivity index (χ2n) is 3.03. The zero-order valence-corrected chi connectivity index (χ0v) is 11.1. The molecular weight excluding hydrogens is 216 g/mol. The number of rotatable bonds is 3. The molecule has 0 atom stereocenters. The van der Waals surface area contributed by atoms with Gasteiger partial charge in [-0.05, 0) is 13.0 Å². The molecule has 0 saturated heterocycles. The van der Waals surface area contributed by atoms with Gasteiger partial charge in [-0.15, -0.1) is 0 Å². The minimum absolute atomic E-state index is 0.430. The summed E-state index contributed by atoms with van der Waals surface area (Å²) >= 11 is 0. The van der Waals surface area contributed by atoms with Crippen LogP contribution in [0.2, 0.25) is 0 Å². The Bertz CT molecular complexity index is 341. The lowest BCUT2D eigenvalue weighted by atomic mass is 10.2. The maximum Gasteiger partial charge on any atom is 0.157 e. The molecule has 1 rings (SSSR count). The Morgan fingerprint density at radius 2 is 1.94 bits per heavy atom. The van der Waals surface area contributed by atoms with Gasteiger partial charge in [0.25, 0.3) is 0 Å². The quantitative estimate of drug-likeness (QED) is 0.466. The third-order valence-corrected chi connectivity index (χ3v) is 2.05. The first-order valence-electron chi connectivity index (χ1n) is 5.72. The Labute approximate surface area is 104 Å². The van der Waals surface area contributed by atoms with E-state index in [1.165, 1.54) is 0 Å². The van der Waals surface area contributed by atoms with Crippen LogP contribution in [0.4, 0.5) is 0 Å². The van der Waals surface area contributed by atoms with Crippen molar-refractivity contribution in [3.63, 3.8) is 0 Å². The molecule has 0 fully saturated rings. The van der Waals surface area contributed by atoms with Crippen LogP contribution in [0.25, 0.3) is 0 Å². The fraction of sp³-hybridized carbons (Fsp3) is 0.462. The van der Waals surface area contributed by atoms with Gasteiger partial charge >= 0.3 is 0 Å². The molecule has 17 heavy (non-hydrogen) atoms. The second-order valence-corrected chi connectivity index (χ2v) is 3.03. The third kappa shape index (κ3) is 4.76. The van der Waals surface area contributed by atoms with E-state index in [-0.39, 0.29) is 0 Å². The highest BCUT2D eigenvalue weighted by atomic mass is 16.6. The molecule has 1 aliphatic heterocycles. The maximum atomic E-state index is 5.68. The van der Waals surface area contributed by atoms with Crippen molar-refractivity contribution in [1.29, 1.82) is 0 Å². The summed E-state index contributed by atoms with van der Waals surface area (Å²) in [6.07, 6.45) is 3.42. The molecule has 0 spiro atoms. The predicted molar refractivity (Wildman–Crippen MR) is 71.8 cm³/mol. The van der Waals surface area contributed by atoms with Crippen molar-refractivity contribution in [3.8, 4) is 0 Å². The van der Waals surface area contributed by atoms with Gasteiger partial charge in [-0.25, -0.2) is 0 Å². The van der Waals surface area contributed by atoms with E-state index < -0.39 is 0 Å². The predicted octanol–water partition coefficient (Wildman–Crippen LogP) is 2.39. The summed E-state index contributed by atoms with van der Waals surface area (Å²) < 4.78 is 10.8. The van der Waals surface area contributed by atoms with Crippen LogP contribution in [-0.4, -0.2) is 26.1 Å². The van der Waals surface area contributed by atoms with Crippen LogP contribution >= 0.6 is 0 Å². The SMILES string of the molecule is C=C/C(=C\C1=C(C)OCCO1)C(N)=NC.CC. The Morgan fingerprint density at radius 3 is 2.41 bits per heavy atom. The number of allylic oxidation sites excluding steroid dienone is 2. The lowest BCUT2D eigenvalue weighted by Crippen LogP contribution is -2.16. The average molecular weight is 238 g/mol. The average Bonchev–Trinajstić information content (AvgIpc) is 2.39. The summed E-state index contributed by atoms with van der Waals surface area (Å²) in [6, 6.07) is 0. The first-order valence-corrected chi connectivity index (χ1v) is 5.72. The van der Waals surface area contributed by atoms with Crippen molar-refractivity contribution in [2.45, 2.75) is 20.8 Å². The number of nitrogens with zero attached hydrogens (tertiary/aromatic N) is 1. The van der Waals surface area contributed by atoms with Crippen molar-refractivity contribution in [2.24, 2.45) is 10.7 Å². The molecule has 0 bridgehead atoms. The molecule has 0 aliphatic carbocycles. The number of ether oxygens (including phenoxy) is 2. The fourth-order valence-corrected chi connectivity index (χ4v) is 1.17. The lowest BCUT2D eigenvalue weighted by Gasteiger charge is -2.18. The molecule has 0 aromatic heterocycles. The molecule has 4 heteroatoms. The molecule has 0 aromatic carbocycles. The Hall–Kier alpha value is -1.71. The van der Waals surface area contributed by atoms with Crippen LogP contribution in [0, 0.1) is 0 Å². The van der Waals surface area contributed by atoms with Crippen molar-refractivity contribution < 1.29 is 9.47 Å². The number of aliphatic imine (C=N–C) groups is 1. The first kappa shape index (κ1) is 15.3. The molecule has 0 radical (unpaired) electrons. The van der Waals surface area contributed by atoms with Crippen LogP contribution in [0.1, 0.15) is 20.8 Å². The van der Waals surface area contributed by atoms with Gasteiger partial charge in [0, 0.05) is 12.6 Å². The summed E-state index contributed by atoms with van der Waals surface area (Å²) in [5, 5.41) is 0. The van der Waals surface area contributed by atoms with E-state index in [4.69, 9.17) is 15.2 Å². The van der Waals surface area contributed by atoms with E-state index >= 15 is 0 Å². The Morgan fingerprint density at radius 1 is 1.35 bits per heavy atom. The van der Waals surface area contributed by atoms with E-state index in [9.17, 15) is 0 Å². The van der Waals surface area contributed by atoms with Gasteiger partial charge in [0.05, 0.1) is 0 Å². The fourth-order valence-electron chi connectivity index (χ4n) is 1.17. The molecule has 1 aliphatic rings. The van der Waals surface area contributed by atoms with Crippen molar-refractivity contribution in [2.75, 3.05) is 20.3 Å². The monoisotopic (exact) mass is 238 g/mol. The molecule has 4 nitrogen and oxygen atoms in total. The van der Waals surface area contributed by atoms with Crippen LogP contribution in [0.5, 0.6) is 0 Å². The Kier molecular flexibility index (Phi) is 7.59. The molecule has 0 aromatic rings. The van der Waals surface area contributed by atoms with Gasteiger partial charge in [0.15, 0.2) is 5.76 Å². The molecule has 96 valence electrons. The minimum Gasteiger partial charge on any atom is -0.491 e. The summed E-state index contributed by atoms with van der Waals surface area (Å²) in [5.41, 5.74) is 6.42. The van der Waals surface area contributed by atoms with Gasteiger partial charge in [0.2, 0.25) is 0 Å². The van der Waals surface area contributed by atoms with Crippen LogP contribution < -0.4 is 5.73 Å². The normalized spacial score (nSPS) is 16.5. The maximum absolute atomic E-state index is 5.68. The second kappa shape index (κ2) is 8.44. The topological polar surface area (TPSA) is 56.8 Å². The van der Waals surface area contributed by atoms with Gasteiger partial charge in [-0.1, -0.05) is 26.5 Å². The van der Waals surface area contributed by atoms with Gasteiger partial charge in [-0.3, -0.25) is 4.99 Å². The van der Waals surface area contributed by atoms with Gasteiger partial charge in [-0.2, -0.15) is 0 Å². The van der Waals surface area contributed by atoms with E-state index in [1.807, 2.05) is 20.8 Å². The zero-order valence-electron chi connectivity index (χ0n) is 11.1. The molecule has 0 saturated carbocycles. The van der Waals surface area contributed by atoms with Crippen LogP contribution in [0.3, 0.4) is 0 Å². The van der Waals surface area contributed by atoms with E-state index in [2.05, 4.69) is 11.6 Å². The number of hydrogen-bond donors (Lipinski definition) is 1. The molecule has 0 amide bonds. The van der Waals surface area contributed by atoms with Crippen LogP contribution in [-0.2, 0) is 9.47 Å².